The minimum Gasteiger partial charge on any atom is -0.464 e. The molecule has 1 aromatic carbocycles. The van der Waals surface area contributed by atoms with Crippen molar-refractivity contribution in [1.82, 2.24) is 29.4 Å². The van der Waals surface area contributed by atoms with Crippen LogP contribution in [0, 0.1) is 5.82 Å². The van der Waals surface area contributed by atoms with Gasteiger partial charge in [-0.05, 0) is 44.5 Å². The molecule has 0 bridgehead atoms. The van der Waals surface area contributed by atoms with E-state index in [0.29, 0.717) is 41.5 Å². The molecule has 5 rings (SSSR count). The van der Waals surface area contributed by atoms with E-state index < -0.39 is 5.82 Å². The Morgan fingerprint density at radius 2 is 1.83 bits per heavy atom. The monoisotopic (exact) mass is 474 g/mol. The van der Waals surface area contributed by atoms with E-state index in [-0.39, 0.29) is 6.01 Å². The van der Waals surface area contributed by atoms with Crippen molar-refractivity contribution in [3.8, 4) is 17.4 Å². The SMILES string of the molecule is C=Nc1nc(OCC)nc2c1nc(-c1cncc(F)c1)n2Cc1ccc(N2CCN(C)CC2)cc1. The van der Waals surface area contributed by atoms with Gasteiger partial charge in [-0.2, -0.15) is 9.97 Å². The number of pyridine rings is 1. The Morgan fingerprint density at radius 3 is 2.51 bits per heavy atom. The van der Waals surface area contributed by atoms with E-state index >= 15 is 0 Å². The quantitative estimate of drug-likeness (QED) is 0.379. The molecule has 3 aromatic heterocycles. The second-order valence-corrected chi connectivity index (χ2v) is 8.46. The van der Waals surface area contributed by atoms with E-state index in [1.165, 1.54) is 11.8 Å². The van der Waals surface area contributed by atoms with Crippen LogP contribution in [0.15, 0.2) is 47.7 Å². The lowest BCUT2D eigenvalue weighted by Crippen LogP contribution is -2.44. The molecule has 35 heavy (non-hydrogen) atoms. The van der Waals surface area contributed by atoms with Crippen LogP contribution in [-0.2, 0) is 6.54 Å². The number of likely N-dealkylation sites (N-methyl/N-ethyl adjacent to an activating group) is 1. The molecule has 4 aromatic rings. The van der Waals surface area contributed by atoms with Crippen LogP contribution < -0.4 is 9.64 Å². The lowest BCUT2D eigenvalue weighted by Gasteiger charge is -2.34. The van der Waals surface area contributed by atoms with Gasteiger partial charge in [0.05, 0.1) is 19.3 Å². The highest BCUT2D eigenvalue weighted by Gasteiger charge is 2.21. The fourth-order valence-electron chi connectivity index (χ4n) is 4.23. The van der Waals surface area contributed by atoms with Gasteiger partial charge in [-0.3, -0.25) is 4.98 Å². The molecule has 1 fully saturated rings. The summed E-state index contributed by atoms with van der Waals surface area (Å²) in [4.78, 5) is 26.4. The van der Waals surface area contributed by atoms with E-state index in [1.807, 2.05) is 11.5 Å². The van der Waals surface area contributed by atoms with Gasteiger partial charge >= 0.3 is 6.01 Å². The van der Waals surface area contributed by atoms with Crippen LogP contribution >= 0.6 is 0 Å². The number of rotatable bonds is 7. The van der Waals surface area contributed by atoms with Gasteiger partial charge in [0.25, 0.3) is 0 Å². The first-order valence-electron chi connectivity index (χ1n) is 11.6. The smallest absolute Gasteiger partial charge is 0.320 e. The van der Waals surface area contributed by atoms with Crippen molar-refractivity contribution in [2.75, 3.05) is 44.7 Å². The van der Waals surface area contributed by atoms with Gasteiger partial charge in [-0.1, -0.05) is 12.1 Å². The Bertz CT molecular complexity index is 1350. The summed E-state index contributed by atoms with van der Waals surface area (Å²) >= 11 is 0. The molecule has 0 aliphatic carbocycles. The van der Waals surface area contributed by atoms with Gasteiger partial charge in [-0.25, -0.2) is 14.4 Å². The highest BCUT2D eigenvalue weighted by atomic mass is 19.1. The maximum Gasteiger partial charge on any atom is 0.320 e. The van der Waals surface area contributed by atoms with Crippen LogP contribution in [0.3, 0.4) is 0 Å². The van der Waals surface area contributed by atoms with Crippen molar-refractivity contribution < 1.29 is 9.13 Å². The van der Waals surface area contributed by atoms with Gasteiger partial charge in [-0.15, -0.1) is 0 Å². The fourth-order valence-corrected chi connectivity index (χ4v) is 4.23. The topological polar surface area (TPSA) is 84.6 Å². The van der Waals surface area contributed by atoms with Gasteiger partial charge < -0.3 is 19.1 Å². The summed E-state index contributed by atoms with van der Waals surface area (Å²) in [6, 6.07) is 10.1. The number of benzene rings is 1. The Labute approximate surface area is 202 Å². The molecule has 0 amide bonds. The molecule has 9 nitrogen and oxygen atoms in total. The minimum atomic E-state index is -0.444. The Kier molecular flexibility index (Phi) is 6.37. The molecule has 1 aliphatic rings. The second-order valence-electron chi connectivity index (χ2n) is 8.46. The molecule has 1 aliphatic heterocycles. The summed E-state index contributed by atoms with van der Waals surface area (Å²) in [5.41, 5.74) is 3.79. The minimum absolute atomic E-state index is 0.192. The maximum absolute atomic E-state index is 14.0. The molecule has 0 spiro atoms. The van der Waals surface area contributed by atoms with Crippen LogP contribution in [0.1, 0.15) is 12.5 Å². The summed E-state index contributed by atoms with van der Waals surface area (Å²) in [6.07, 6.45) is 2.74. The predicted molar refractivity (Wildman–Crippen MR) is 134 cm³/mol. The summed E-state index contributed by atoms with van der Waals surface area (Å²) < 4.78 is 21.5. The summed E-state index contributed by atoms with van der Waals surface area (Å²) in [5, 5.41) is 0. The van der Waals surface area contributed by atoms with Crippen molar-refractivity contribution in [1.29, 1.82) is 0 Å². The van der Waals surface area contributed by atoms with Crippen molar-refractivity contribution in [2.45, 2.75) is 13.5 Å². The maximum atomic E-state index is 14.0. The van der Waals surface area contributed by atoms with E-state index in [9.17, 15) is 4.39 Å². The Balaban J connectivity index is 1.56. The van der Waals surface area contributed by atoms with Crippen LogP contribution in [0.2, 0.25) is 0 Å². The van der Waals surface area contributed by atoms with Crippen molar-refractivity contribution in [3.63, 3.8) is 0 Å². The van der Waals surface area contributed by atoms with Crippen molar-refractivity contribution in [3.05, 3.63) is 54.1 Å². The number of anilines is 1. The third-order valence-corrected chi connectivity index (χ3v) is 6.09. The zero-order valence-electron chi connectivity index (χ0n) is 19.9. The molecule has 1 saturated heterocycles. The van der Waals surface area contributed by atoms with Crippen LogP contribution in [0.4, 0.5) is 15.9 Å². The number of nitrogens with zero attached hydrogens (tertiary/aromatic N) is 8. The van der Waals surface area contributed by atoms with Crippen molar-refractivity contribution in [2.24, 2.45) is 4.99 Å². The second kappa shape index (κ2) is 9.75. The largest absolute Gasteiger partial charge is 0.464 e. The van der Waals surface area contributed by atoms with Gasteiger partial charge in [0.15, 0.2) is 17.0 Å². The Hall–Kier alpha value is -3.92. The number of aromatic nitrogens is 5. The van der Waals surface area contributed by atoms with E-state index in [4.69, 9.17) is 9.72 Å². The predicted octanol–water partition coefficient (Wildman–Crippen LogP) is 3.56. The van der Waals surface area contributed by atoms with E-state index in [0.717, 1.165) is 37.9 Å². The first-order valence-corrected chi connectivity index (χ1v) is 11.6. The van der Waals surface area contributed by atoms with Crippen molar-refractivity contribution >= 4 is 29.4 Å². The standard InChI is InChI=1S/C25H27FN8O/c1-4-35-25-30-22(27-2)21-24(31-25)34(23(29-21)18-13-19(26)15-28-14-18)16-17-5-7-20(8-6-17)33-11-9-32(3)10-12-33/h5-8,13-15H,2,4,9-12,16H2,1,3H3. The number of ether oxygens (including phenoxy) is 1. The third-order valence-electron chi connectivity index (χ3n) is 6.09. The first kappa shape index (κ1) is 22.9. The molecule has 0 saturated carbocycles. The fraction of sp³-hybridized carbons (Fsp3) is 0.320. The molecular weight excluding hydrogens is 447 g/mol. The molecule has 10 heteroatoms. The highest BCUT2D eigenvalue weighted by Crippen LogP contribution is 2.31. The van der Waals surface area contributed by atoms with Crippen LogP contribution in [0.25, 0.3) is 22.6 Å². The molecular formula is C25H27FN8O. The van der Waals surface area contributed by atoms with E-state index in [2.05, 4.69) is 67.8 Å². The van der Waals surface area contributed by atoms with Gasteiger partial charge in [0.2, 0.25) is 0 Å². The molecule has 180 valence electrons. The molecule has 0 N–H and O–H groups in total. The normalized spacial score (nSPS) is 14.4. The summed E-state index contributed by atoms with van der Waals surface area (Å²) in [7, 11) is 2.15. The molecule has 0 radical (unpaired) electrons. The number of piperazine rings is 1. The summed E-state index contributed by atoms with van der Waals surface area (Å²) in [5.74, 6) is 0.386. The summed E-state index contributed by atoms with van der Waals surface area (Å²) in [6.45, 7) is 10.5. The average Bonchev–Trinajstić information content (AvgIpc) is 3.23. The lowest BCUT2D eigenvalue weighted by atomic mass is 10.1. The zero-order chi connectivity index (χ0) is 24.4. The number of fused-ring (bicyclic) bond motifs is 1. The lowest BCUT2D eigenvalue weighted by molar-refractivity contribution is 0.313. The molecule has 0 unspecified atom stereocenters. The zero-order valence-corrected chi connectivity index (χ0v) is 19.9. The van der Waals surface area contributed by atoms with Crippen LogP contribution in [-0.4, -0.2) is 76.0 Å². The number of hydrogen-bond donors (Lipinski definition) is 0. The molecule has 0 atom stereocenters. The Morgan fingerprint density at radius 1 is 1.06 bits per heavy atom. The van der Waals surface area contributed by atoms with Crippen LogP contribution in [0.5, 0.6) is 6.01 Å². The number of aliphatic imine (C=N–C) groups is 1. The number of imidazole rings is 1. The molecule has 4 heterocycles. The average molecular weight is 475 g/mol. The first-order chi connectivity index (χ1) is 17.1. The van der Waals surface area contributed by atoms with Gasteiger partial charge in [0.1, 0.15) is 11.6 Å². The van der Waals surface area contributed by atoms with Gasteiger partial charge in [0, 0.05) is 43.6 Å². The number of halogens is 1. The number of hydrogen-bond acceptors (Lipinski definition) is 8. The van der Waals surface area contributed by atoms with E-state index in [1.54, 1.807) is 6.20 Å². The third kappa shape index (κ3) is 4.69. The highest BCUT2D eigenvalue weighted by molar-refractivity contribution is 5.86.